The first-order chi connectivity index (χ1) is 14.8. The third kappa shape index (κ3) is 4.79. The lowest BCUT2D eigenvalue weighted by Crippen LogP contribution is -2.52. The van der Waals surface area contributed by atoms with Crippen LogP contribution in [0.1, 0.15) is 34.8 Å². The van der Waals surface area contributed by atoms with Crippen molar-refractivity contribution in [1.29, 1.82) is 0 Å². The standard InChI is InChI=1S/C22H24N2O6S/c25-21(26)17-6-8-18(9-7-17)31(28,29)23-20(16-4-2-1-3-5-16)22(27)30-19-14-24-12-10-15(19)11-13-24/h1-9,15,19-20,23H,10-14H2,(H,25,26)/t19-,20?/m0/s1. The van der Waals surface area contributed by atoms with Crippen LogP contribution >= 0.6 is 0 Å². The third-order valence-corrected chi connectivity index (χ3v) is 7.36. The number of ether oxygens (including phenoxy) is 1. The number of nitrogens with one attached hydrogen (secondary N) is 1. The number of sulfonamides is 1. The fraction of sp³-hybridized carbons (Fsp3) is 0.364. The normalized spacial score (nSPS) is 23.8. The average molecular weight is 445 g/mol. The van der Waals surface area contributed by atoms with Crippen LogP contribution in [0.15, 0.2) is 59.5 Å². The number of rotatable bonds is 7. The van der Waals surface area contributed by atoms with Gasteiger partial charge in [-0.25, -0.2) is 18.0 Å². The summed E-state index contributed by atoms with van der Waals surface area (Å²) in [7, 11) is -4.10. The van der Waals surface area contributed by atoms with Gasteiger partial charge in [-0.1, -0.05) is 30.3 Å². The maximum Gasteiger partial charge on any atom is 0.335 e. The second kappa shape index (κ2) is 8.78. The molecule has 3 fully saturated rings. The van der Waals surface area contributed by atoms with Crippen molar-refractivity contribution in [1.82, 2.24) is 9.62 Å². The Morgan fingerprint density at radius 3 is 2.23 bits per heavy atom. The summed E-state index contributed by atoms with van der Waals surface area (Å²) in [6.07, 6.45) is 1.69. The summed E-state index contributed by atoms with van der Waals surface area (Å²) in [4.78, 5) is 26.2. The SMILES string of the molecule is O=C(O)c1ccc(S(=O)(=O)NC(C(=O)O[C@H]2CN3CCC2CC3)c2ccccc2)cc1. The maximum absolute atomic E-state index is 13.1. The van der Waals surface area contributed by atoms with Gasteiger partial charge in [-0.15, -0.1) is 0 Å². The van der Waals surface area contributed by atoms with E-state index >= 15 is 0 Å². The number of hydrogen-bond acceptors (Lipinski definition) is 6. The van der Waals surface area contributed by atoms with Gasteiger partial charge in [0.2, 0.25) is 10.0 Å². The third-order valence-electron chi connectivity index (χ3n) is 5.92. The Kier molecular flexibility index (Phi) is 6.08. The molecule has 3 saturated heterocycles. The van der Waals surface area contributed by atoms with Crippen LogP contribution in [0, 0.1) is 5.92 Å². The van der Waals surface area contributed by atoms with Gasteiger partial charge in [0.05, 0.1) is 10.5 Å². The summed E-state index contributed by atoms with van der Waals surface area (Å²) in [5, 5.41) is 9.02. The predicted molar refractivity (Wildman–Crippen MR) is 112 cm³/mol. The van der Waals surface area contributed by atoms with Crippen molar-refractivity contribution < 1.29 is 27.9 Å². The summed E-state index contributed by atoms with van der Waals surface area (Å²) in [5.41, 5.74) is 0.444. The van der Waals surface area contributed by atoms with Crippen LogP contribution in [-0.2, 0) is 19.6 Å². The molecule has 2 aromatic rings. The summed E-state index contributed by atoms with van der Waals surface area (Å²) < 4.78 is 34.1. The monoisotopic (exact) mass is 444 g/mol. The number of aromatic carboxylic acids is 1. The number of esters is 1. The maximum atomic E-state index is 13.1. The van der Waals surface area contributed by atoms with Gasteiger partial charge in [-0.3, -0.25) is 4.90 Å². The lowest BCUT2D eigenvalue weighted by Gasteiger charge is -2.44. The quantitative estimate of drug-likeness (QED) is 0.629. The van der Waals surface area contributed by atoms with Crippen LogP contribution in [0.5, 0.6) is 0 Å². The zero-order chi connectivity index (χ0) is 22.0. The molecule has 0 amide bonds. The van der Waals surface area contributed by atoms with E-state index in [0.717, 1.165) is 25.9 Å². The van der Waals surface area contributed by atoms with Gasteiger partial charge in [0.25, 0.3) is 0 Å². The van der Waals surface area contributed by atoms with Crippen LogP contribution in [-0.4, -0.2) is 56.1 Å². The van der Waals surface area contributed by atoms with Gasteiger partial charge in [0, 0.05) is 6.54 Å². The number of nitrogens with zero attached hydrogens (tertiary/aromatic N) is 1. The van der Waals surface area contributed by atoms with E-state index < -0.39 is 28.0 Å². The van der Waals surface area contributed by atoms with Crippen LogP contribution in [0.4, 0.5) is 0 Å². The van der Waals surface area contributed by atoms with Crippen LogP contribution in [0.3, 0.4) is 0 Å². The molecule has 1 unspecified atom stereocenters. The highest BCUT2D eigenvalue weighted by molar-refractivity contribution is 7.89. The predicted octanol–water partition coefficient (Wildman–Crippen LogP) is 2.04. The van der Waals surface area contributed by atoms with E-state index in [4.69, 9.17) is 9.84 Å². The fourth-order valence-corrected chi connectivity index (χ4v) is 5.33. The van der Waals surface area contributed by atoms with Crippen molar-refractivity contribution in [2.45, 2.75) is 29.9 Å². The highest BCUT2D eigenvalue weighted by Crippen LogP contribution is 2.31. The molecule has 3 aliphatic rings. The first-order valence-corrected chi connectivity index (χ1v) is 11.7. The molecular weight excluding hydrogens is 420 g/mol. The summed E-state index contributed by atoms with van der Waals surface area (Å²) in [6.45, 7) is 2.67. The van der Waals surface area contributed by atoms with Crippen molar-refractivity contribution in [3.05, 3.63) is 65.7 Å². The smallest absolute Gasteiger partial charge is 0.335 e. The van der Waals surface area contributed by atoms with E-state index in [1.54, 1.807) is 30.3 Å². The minimum atomic E-state index is -4.10. The molecule has 5 rings (SSSR count). The number of hydrogen-bond donors (Lipinski definition) is 2. The highest BCUT2D eigenvalue weighted by Gasteiger charge is 2.38. The second-order valence-electron chi connectivity index (χ2n) is 7.91. The van der Waals surface area contributed by atoms with E-state index in [9.17, 15) is 18.0 Å². The molecule has 0 aromatic heterocycles. The molecule has 0 saturated carbocycles. The zero-order valence-electron chi connectivity index (χ0n) is 16.8. The summed E-state index contributed by atoms with van der Waals surface area (Å²) in [6, 6.07) is 12.2. The van der Waals surface area contributed by atoms with E-state index in [0.29, 0.717) is 18.0 Å². The lowest BCUT2D eigenvalue weighted by atomic mass is 9.86. The Hall–Kier alpha value is -2.75. The topological polar surface area (TPSA) is 113 Å². The zero-order valence-corrected chi connectivity index (χ0v) is 17.6. The number of fused-ring (bicyclic) bond motifs is 3. The first-order valence-electron chi connectivity index (χ1n) is 10.2. The van der Waals surface area contributed by atoms with Gasteiger partial charge in [-0.05, 0) is 61.7 Å². The lowest BCUT2D eigenvalue weighted by molar-refractivity contribution is -0.161. The van der Waals surface area contributed by atoms with Crippen LogP contribution in [0.2, 0.25) is 0 Å². The van der Waals surface area contributed by atoms with E-state index in [1.807, 2.05) is 0 Å². The molecule has 3 aliphatic heterocycles. The molecule has 31 heavy (non-hydrogen) atoms. The number of carbonyl (C=O) groups is 2. The molecule has 2 bridgehead atoms. The minimum absolute atomic E-state index is 0.0275. The molecule has 2 N–H and O–H groups in total. The number of carbonyl (C=O) groups excluding carboxylic acids is 1. The van der Waals surface area contributed by atoms with Crippen LogP contribution in [0.25, 0.3) is 0 Å². The largest absolute Gasteiger partial charge is 0.478 e. The first kappa shape index (κ1) is 21.5. The fourth-order valence-electron chi connectivity index (χ4n) is 4.16. The minimum Gasteiger partial charge on any atom is -0.478 e. The van der Waals surface area contributed by atoms with Gasteiger partial charge in [0.1, 0.15) is 12.1 Å². The molecule has 3 heterocycles. The Bertz CT molecular complexity index is 1050. The summed E-state index contributed by atoms with van der Waals surface area (Å²) >= 11 is 0. The van der Waals surface area contributed by atoms with E-state index in [1.165, 1.54) is 24.3 Å². The van der Waals surface area contributed by atoms with Crippen LogP contribution < -0.4 is 4.72 Å². The van der Waals surface area contributed by atoms with E-state index in [-0.39, 0.29) is 16.6 Å². The molecule has 9 heteroatoms. The molecule has 0 spiro atoms. The number of carboxylic acids is 1. The number of benzene rings is 2. The van der Waals surface area contributed by atoms with Gasteiger partial charge in [-0.2, -0.15) is 4.72 Å². The molecule has 8 nitrogen and oxygen atoms in total. The van der Waals surface area contributed by atoms with Gasteiger partial charge < -0.3 is 9.84 Å². The summed E-state index contributed by atoms with van der Waals surface area (Å²) in [5.74, 6) is -1.50. The Labute approximate surface area is 180 Å². The van der Waals surface area contributed by atoms with Crippen molar-refractivity contribution in [3.63, 3.8) is 0 Å². The Balaban J connectivity index is 1.56. The number of carboxylic acid groups (broad SMARTS) is 1. The molecule has 164 valence electrons. The van der Waals surface area contributed by atoms with Crippen molar-refractivity contribution in [3.8, 4) is 0 Å². The molecule has 0 radical (unpaired) electrons. The second-order valence-corrected chi connectivity index (χ2v) is 9.62. The van der Waals surface area contributed by atoms with Crippen molar-refractivity contribution in [2.75, 3.05) is 19.6 Å². The van der Waals surface area contributed by atoms with Crippen molar-refractivity contribution >= 4 is 22.0 Å². The Morgan fingerprint density at radius 1 is 1.03 bits per heavy atom. The Morgan fingerprint density at radius 2 is 1.68 bits per heavy atom. The molecular formula is C22H24N2O6S. The molecule has 0 aliphatic carbocycles. The molecule has 2 aromatic carbocycles. The van der Waals surface area contributed by atoms with E-state index in [2.05, 4.69) is 9.62 Å². The molecule has 2 atom stereocenters. The number of piperidine rings is 3. The van der Waals surface area contributed by atoms with Crippen molar-refractivity contribution in [2.24, 2.45) is 5.92 Å². The highest BCUT2D eigenvalue weighted by atomic mass is 32.2. The average Bonchev–Trinajstić information content (AvgIpc) is 2.79. The van der Waals surface area contributed by atoms with Gasteiger partial charge in [0.15, 0.2) is 0 Å². The van der Waals surface area contributed by atoms with Gasteiger partial charge >= 0.3 is 11.9 Å².